The van der Waals surface area contributed by atoms with Crippen LogP contribution in [0, 0.1) is 30.9 Å². The highest BCUT2D eigenvalue weighted by Crippen LogP contribution is 2.24. The quantitative estimate of drug-likeness (QED) is 0.482. The number of nitrogens with zero attached hydrogens (tertiary/aromatic N) is 1. The van der Waals surface area contributed by atoms with E-state index in [1.54, 1.807) is 25.1 Å². The maximum Gasteiger partial charge on any atom is 0.291 e. The van der Waals surface area contributed by atoms with Crippen LogP contribution in [0.1, 0.15) is 33.0 Å². The number of rotatable bonds is 6. The smallest absolute Gasteiger partial charge is 0.291 e. The van der Waals surface area contributed by atoms with Gasteiger partial charge < -0.3 is 14.5 Å². The van der Waals surface area contributed by atoms with Gasteiger partial charge in [-0.2, -0.15) is 0 Å². The lowest BCUT2D eigenvalue weighted by Crippen LogP contribution is -2.12. The van der Waals surface area contributed by atoms with Gasteiger partial charge in [0.2, 0.25) is 0 Å². The van der Waals surface area contributed by atoms with Gasteiger partial charge in [-0.15, -0.1) is 0 Å². The molecular weight excluding hydrogens is 360 g/mol. The number of nitrogens with one attached hydrogen (secondary N) is 1. The fourth-order valence-electron chi connectivity index (χ4n) is 2.71. The number of carbonyl (C=O) groups is 1. The zero-order valence-corrected chi connectivity index (χ0v) is 15.8. The number of carbonyl (C=O) groups excluding carboxylic acids is 1. The van der Waals surface area contributed by atoms with Crippen LogP contribution in [0.2, 0.25) is 0 Å². The second kappa shape index (κ2) is 7.96. The van der Waals surface area contributed by atoms with Crippen molar-refractivity contribution in [3.8, 4) is 5.75 Å². The number of ether oxygens (including phenoxy) is 1. The number of benzene rings is 2. The molecule has 0 radical (unpaired) electrons. The van der Waals surface area contributed by atoms with E-state index in [-0.39, 0.29) is 24.0 Å². The maximum atomic E-state index is 12.4. The van der Waals surface area contributed by atoms with Crippen LogP contribution < -0.4 is 10.1 Å². The Kier molecular flexibility index (Phi) is 5.44. The fraction of sp³-hybridized carbons (Fsp3) is 0.190. The predicted molar refractivity (Wildman–Crippen MR) is 105 cm³/mol. The number of hydrogen-bond acceptors (Lipinski definition) is 5. The SMILES string of the molecule is Cc1ccc(C)c(NC(=O)c2ccc(COc3ccc([N+](=O)[O-])c(C)c3)o2)c1. The minimum atomic E-state index is -0.438. The van der Waals surface area contributed by atoms with Gasteiger partial charge in [-0.1, -0.05) is 12.1 Å². The average molecular weight is 380 g/mol. The molecule has 1 aromatic heterocycles. The second-order valence-corrected chi connectivity index (χ2v) is 6.53. The molecule has 3 aromatic rings. The molecule has 1 heterocycles. The van der Waals surface area contributed by atoms with E-state index in [0.717, 1.165) is 16.8 Å². The summed E-state index contributed by atoms with van der Waals surface area (Å²) in [4.78, 5) is 22.8. The Morgan fingerprint density at radius 1 is 1.07 bits per heavy atom. The van der Waals surface area contributed by atoms with Crippen LogP contribution in [0.15, 0.2) is 52.9 Å². The summed E-state index contributed by atoms with van der Waals surface area (Å²) in [5.41, 5.74) is 3.29. The zero-order chi connectivity index (χ0) is 20.3. The van der Waals surface area contributed by atoms with E-state index in [0.29, 0.717) is 17.1 Å². The summed E-state index contributed by atoms with van der Waals surface area (Å²) in [5, 5.41) is 13.7. The first kappa shape index (κ1) is 19.2. The summed E-state index contributed by atoms with van der Waals surface area (Å²) in [7, 11) is 0. The first-order chi connectivity index (χ1) is 13.3. The molecule has 1 N–H and O–H groups in total. The van der Waals surface area contributed by atoms with Crippen LogP contribution in [-0.4, -0.2) is 10.8 Å². The van der Waals surface area contributed by atoms with E-state index in [1.165, 1.54) is 12.1 Å². The van der Waals surface area contributed by atoms with Crippen molar-refractivity contribution in [1.29, 1.82) is 0 Å². The third-order valence-corrected chi connectivity index (χ3v) is 4.27. The lowest BCUT2D eigenvalue weighted by Gasteiger charge is -2.08. The predicted octanol–water partition coefficient (Wildman–Crippen LogP) is 4.94. The highest BCUT2D eigenvalue weighted by molar-refractivity contribution is 6.02. The molecule has 0 fully saturated rings. The number of nitro groups is 1. The molecule has 28 heavy (non-hydrogen) atoms. The summed E-state index contributed by atoms with van der Waals surface area (Å²) in [6.07, 6.45) is 0. The van der Waals surface area contributed by atoms with Gasteiger partial charge in [0, 0.05) is 17.3 Å². The first-order valence-corrected chi connectivity index (χ1v) is 8.68. The molecule has 2 aromatic carbocycles. The van der Waals surface area contributed by atoms with Crippen LogP contribution in [0.5, 0.6) is 5.75 Å². The number of anilines is 1. The Bertz CT molecular complexity index is 1040. The monoisotopic (exact) mass is 380 g/mol. The molecular formula is C21H20N2O5. The Morgan fingerprint density at radius 3 is 2.57 bits per heavy atom. The minimum absolute atomic E-state index is 0.0377. The van der Waals surface area contributed by atoms with Gasteiger partial charge in [-0.05, 0) is 62.2 Å². The Balaban J connectivity index is 1.64. The molecule has 0 atom stereocenters. The summed E-state index contributed by atoms with van der Waals surface area (Å²) < 4.78 is 11.2. The molecule has 0 aliphatic heterocycles. The molecule has 0 saturated heterocycles. The van der Waals surface area contributed by atoms with E-state index < -0.39 is 4.92 Å². The molecule has 144 valence electrons. The van der Waals surface area contributed by atoms with Gasteiger partial charge in [0.05, 0.1) is 4.92 Å². The number of furan rings is 1. The number of amides is 1. The Labute approximate surface area is 162 Å². The van der Waals surface area contributed by atoms with Crippen molar-refractivity contribution in [3.63, 3.8) is 0 Å². The second-order valence-electron chi connectivity index (χ2n) is 6.53. The highest BCUT2D eigenvalue weighted by Gasteiger charge is 2.14. The van der Waals surface area contributed by atoms with Crippen LogP contribution in [0.25, 0.3) is 0 Å². The van der Waals surface area contributed by atoms with Crippen molar-refractivity contribution in [1.82, 2.24) is 0 Å². The van der Waals surface area contributed by atoms with Crippen LogP contribution in [0.4, 0.5) is 11.4 Å². The number of hydrogen-bond donors (Lipinski definition) is 1. The van der Waals surface area contributed by atoms with Crippen molar-refractivity contribution in [2.75, 3.05) is 5.32 Å². The topological polar surface area (TPSA) is 94.6 Å². The van der Waals surface area contributed by atoms with Crippen molar-refractivity contribution >= 4 is 17.3 Å². The van der Waals surface area contributed by atoms with Gasteiger partial charge >= 0.3 is 0 Å². The van der Waals surface area contributed by atoms with Gasteiger partial charge in [0.1, 0.15) is 18.1 Å². The van der Waals surface area contributed by atoms with Gasteiger partial charge in [-0.25, -0.2) is 0 Å². The standard InChI is InChI=1S/C21H20N2O5/c1-13-4-5-14(2)18(10-13)22-21(24)20-9-7-17(28-20)12-27-16-6-8-19(23(25)26)15(3)11-16/h4-11H,12H2,1-3H3,(H,22,24). The van der Waals surface area contributed by atoms with Crippen molar-refractivity contribution in [2.45, 2.75) is 27.4 Å². The lowest BCUT2D eigenvalue weighted by atomic mass is 10.1. The van der Waals surface area contributed by atoms with Crippen molar-refractivity contribution in [3.05, 3.63) is 86.9 Å². The van der Waals surface area contributed by atoms with Crippen LogP contribution in [-0.2, 0) is 6.61 Å². The summed E-state index contributed by atoms with van der Waals surface area (Å²) >= 11 is 0. The molecule has 0 bridgehead atoms. The van der Waals surface area contributed by atoms with Gasteiger partial charge in [0.15, 0.2) is 5.76 Å². The van der Waals surface area contributed by atoms with E-state index in [9.17, 15) is 14.9 Å². The van der Waals surface area contributed by atoms with Crippen molar-refractivity contribution < 1.29 is 18.9 Å². The van der Waals surface area contributed by atoms with Gasteiger partial charge in [-0.3, -0.25) is 14.9 Å². The fourth-order valence-corrected chi connectivity index (χ4v) is 2.71. The number of nitro benzene ring substituents is 1. The molecule has 7 nitrogen and oxygen atoms in total. The lowest BCUT2D eigenvalue weighted by molar-refractivity contribution is -0.385. The molecule has 1 amide bonds. The molecule has 0 saturated carbocycles. The number of aryl methyl sites for hydroxylation is 3. The Hall–Kier alpha value is -3.61. The summed E-state index contributed by atoms with van der Waals surface area (Å²) in [5.74, 6) is 0.800. The molecule has 7 heteroatoms. The molecule has 0 unspecified atom stereocenters. The van der Waals surface area contributed by atoms with Crippen molar-refractivity contribution in [2.24, 2.45) is 0 Å². The van der Waals surface area contributed by atoms with E-state index in [4.69, 9.17) is 9.15 Å². The normalized spacial score (nSPS) is 10.5. The highest BCUT2D eigenvalue weighted by atomic mass is 16.6. The summed E-state index contributed by atoms with van der Waals surface area (Å²) in [6, 6.07) is 13.6. The third kappa shape index (κ3) is 4.37. The van der Waals surface area contributed by atoms with E-state index in [1.807, 2.05) is 32.0 Å². The zero-order valence-electron chi connectivity index (χ0n) is 15.8. The summed E-state index contributed by atoms with van der Waals surface area (Å²) in [6.45, 7) is 5.63. The first-order valence-electron chi connectivity index (χ1n) is 8.68. The minimum Gasteiger partial charge on any atom is -0.486 e. The van der Waals surface area contributed by atoms with Crippen LogP contribution in [0.3, 0.4) is 0 Å². The maximum absolute atomic E-state index is 12.4. The molecule has 3 rings (SSSR count). The Morgan fingerprint density at radius 2 is 1.86 bits per heavy atom. The average Bonchev–Trinajstić information content (AvgIpc) is 3.12. The van der Waals surface area contributed by atoms with Crippen LogP contribution >= 0.6 is 0 Å². The van der Waals surface area contributed by atoms with E-state index >= 15 is 0 Å². The molecule has 0 aliphatic rings. The van der Waals surface area contributed by atoms with E-state index in [2.05, 4.69) is 5.32 Å². The largest absolute Gasteiger partial charge is 0.486 e. The molecule has 0 aliphatic carbocycles. The van der Waals surface area contributed by atoms with Gasteiger partial charge in [0.25, 0.3) is 11.6 Å². The third-order valence-electron chi connectivity index (χ3n) is 4.27. The molecule has 0 spiro atoms.